The van der Waals surface area contributed by atoms with E-state index >= 15 is 0 Å². The standard InChI is InChI=1S/C41H43O9/c1-25(21-29(5)34(43)24-35(44)30(6)22-27(3)20-26(2)14-15-38(46)47)12-11-13-28(4)39(48)31(7)36(45)23-33-16-18-41(10,49-33)37-17-19-40(9,50-37)32(8)42/h37H,1-10,12,14-23H2/t24?,37-,40+,41-/m0/s1. The van der Waals surface area contributed by atoms with E-state index in [1.165, 1.54) is 0 Å². The number of ketones is 2. The molecule has 1 radical (unpaired) electrons. The lowest BCUT2D eigenvalue weighted by molar-refractivity contribution is -0.331. The first-order chi connectivity index (χ1) is 23.2. The molecule has 0 aromatic rings. The number of hydrogen-bond acceptors (Lipinski definition) is 8. The number of rotatable bonds is 19. The summed E-state index contributed by atoms with van der Waals surface area (Å²) in [5.74, 6) is 0.969. The van der Waals surface area contributed by atoms with E-state index in [4.69, 9.17) is 9.47 Å². The number of carbonyl (C=O) groups excluding carboxylic acids is 3. The second-order valence-electron chi connectivity index (χ2n) is 12.8. The molecule has 0 bridgehead atoms. The molecule has 50 heavy (non-hydrogen) atoms. The molecule has 3 atom stereocenters. The summed E-state index contributed by atoms with van der Waals surface area (Å²) >= 11 is 0. The topological polar surface area (TPSA) is 159 Å². The molecular formula is C41H43O9. The van der Waals surface area contributed by atoms with Crippen LogP contribution in [-0.2, 0) is 29.0 Å². The van der Waals surface area contributed by atoms with Gasteiger partial charge in [0.25, 0.3) is 11.7 Å². The van der Waals surface area contributed by atoms with Gasteiger partial charge in [0, 0.05) is 12.8 Å². The van der Waals surface area contributed by atoms with E-state index in [0.29, 0.717) is 54.9 Å². The van der Waals surface area contributed by atoms with Crippen molar-refractivity contribution in [3.8, 4) is 11.8 Å². The summed E-state index contributed by atoms with van der Waals surface area (Å²) < 4.78 is 11.8. The molecule has 0 aromatic heterocycles. The van der Waals surface area contributed by atoms with Crippen LogP contribution in [0.2, 0.25) is 0 Å². The van der Waals surface area contributed by atoms with Gasteiger partial charge in [0.2, 0.25) is 17.2 Å². The zero-order valence-electron chi connectivity index (χ0n) is 28.6. The summed E-state index contributed by atoms with van der Waals surface area (Å²) in [7, 11) is 0. The van der Waals surface area contributed by atoms with E-state index in [1.807, 2.05) is 0 Å². The lowest BCUT2D eigenvalue weighted by Gasteiger charge is -2.26. The minimum Gasteiger partial charge on any atom is -0.871 e. The van der Waals surface area contributed by atoms with Gasteiger partial charge in [0.15, 0.2) is 6.42 Å². The Morgan fingerprint density at radius 3 is 2.00 bits per heavy atom. The van der Waals surface area contributed by atoms with Crippen molar-refractivity contribution in [3.63, 3.8) is 0 Å². The number of carbonyl (C=O) groups is 3. The Morgan fingerprint density at radius 2 is 1.44 bits per heavy atom. The van der Waals surface area contributed by atoms with Gasteiger partial charge < -0.3 is 20.1 Å². The molecular weight excluding hydrogens is 636 g/mol. The van der Waals surface area contributed by atoms with Gasteiger partial charge in [0.05, 0.1) is 30.9 Å². The van der Waals surface area contributed by atoms with Crippen LogP contribution in [0.25, 0.3) is 0 Å². The highest BCUT2D eigenvalue weighted by atomic mass is 16.6. The quantitative estimate of drug-likeness (QED) is 0.0225. The number of Topliss-reactive ketones (excluding diaryl/α,β-unsaturated/α-hetero) is 2. The van der Waals surface area contributed by atoms with Gasteiger partial charge in [-0.25, -0.2) is 9.90 Å². The lowest BCUT2D eigenvalue weighted by atomic mass is 9.92. The van der Waals surface area contributed by atoms with Crippen LogP contribution in [0.4, 0.5) is 0 Å². The molecule has 9 nitrogen and oxygen atoms in total. The molecule has 2 fully saturated rings. The van der Waals surface area contributed by atoms with Crippen LogP contribution in [0.1, 0.15) is 70.6 Å². The number of hydrogen-bond donors (Lipinski definition) is 0. The molecule has 2 aliphatic heterocycles. The Balaban J connectivity index is 1.85. The van der Waals surface area contributed by atoms with E-state index in [0.717, 1.165) is 0 Å². The van der Waals surface area contributed by atoms with Crippen molar-refractivity contribution in [1.82, 2.24) is 0 Å². The zero-order chi connectivity index (χ0) is 38.0. The molecule has 0 amide bonds. The molecule has 0 spiro atoms. The van der Waals surface area contributed by atoms with E-state index in [2.05, 4.69) is 84.1 Å². The monoisotopic (exact) mass is 679 g/mol. The van der Waals surface area contributed by atoms with E-state index < -0.39 is 52.1 Å². The summed E-state index contributed by atoms with van der Waals surface area (Å²) in [6, 6.07) is 0. The van der Waals surface area contributed by atoms with Crippen molar-refractivity contribution in [2.45, 2.75) is 87.9 Å². The number of ether oxygens (including phenoxy) is 2. The fourth-order valence-corrected chi connectivity index (χ4v) is 5.24. The van der Waals surface area contributed by atoms with Crippen molar-refractivity contribution in [3.05, 3.63) is 135 Å². The second-order valence-corrected chi connectivity index (χ2v) is 12.8. The molecule has 2 rings (SSSR count). The average Bonchev–Trinajstić information content (AvgIpc) is 3.63. The van der Waals surface area contributed by atoms with Gasteiger partial charge in [0.1, 0.15) is 19.4 Å². The summed E-state index contributed by atoms with van der Waals surface area (Å²) in [6.45, 7) is 37.5. The number of allylic oxidation sites excluding steroid dienone is 6. The van der Waals surface area contributed by atoms with Crippen LogP contribution in [0, 0.1) is 31.8 Å². The fraction of sp³-hybridized carbons (Fsp3) is 0.341. The van der Waals surface area contributed by atoms with Crippen LogP contribution < -0.4 is 15.3 Å². The first-order valence-corrected chi connectivity index (χ1v) is 15.8. The van der Waals surface area contributed by atoms with Crippen LogP contribution in [-0.4, -0.2) is 34.8 Å². The van der Waals surface area contributed by atoms with Crippen molar-refractivity contribution in [1.29, 1.82) is 0 Å². The normalized spacial score (nSPS) is 20.7. The molecule has 9 heteroatoms. The van der Waals surface area contributed by atoms with E-state index in [1.54, 1.807) is 0 Å². The Labute approximate surface area is 295 Å². The summed E-state index contributed by atoms with van der Waals surface area (Å²) in [4.78, 5) is 36.2. The SMILES string of the molecule is C=C(CCC([O])=O)CC(=C)CC(=C)C([O-])=C=C([O-])C(=C)CC(=C)CC#CC(=C)C(=O)C(=C)C(=O)C[C+]1CC[C@@]([CH2+])([C@@H]2CC[C@]([CH2+])(C(=C)[O-])O2)O1. The van der Waals surface area contributed by atoms with Crippen LogP contribution in [0.5, 0.6) is 0 Å². The van der Waals surface area contributed by atoms with Crippen molar-refractivity contribution >= 4 is 17.5 Å². The van der Waals surface area contributed by atoms with Gasteiger partial charge in [-0.2, -0.15) is 0 Å². The van der Waals surface area contributed by atoms with Crippen LogP contribution >= 0.6 is 0 Å². The van der Waals surface area contributed by atoms with Gasteiger partial charge >= 0.3 is 5.97 Å². The minimum absolute atomic E-state index is 0.0104. The predicted octanol–water partition coefficient (Wildman–Crippen LogP) is 4.34. The first-order valence-electron chi connectivity index (χ1n) is 15.8. The molecule has 2 aliphatic rings. The predicted molar refractivity (Wildman–Crippen MR) is 183 cm³/mol. The molecule has 261 valence electrons. The highest BCUT2D eigenvalue weighted by molar-refractivity contribution is 6.27. The third-order valence-electron chi connectivity index (χ3n) is 8.25. The summed E-state index contributed by atoms with van der Waals surface area (Å²) in [5.41, 5.74) is 1.28. The Morgan fingerprint density at radius 1 is 0.840 bits per heavy atom. The minimum atomic E-state index is -1.24. The maximum absolute atomic E-state index is 12.9. The van der Waals surface area contributed by atoms with Crippen LogP contribution in [0.3, 0.4) is 0 Å². The molecule has 2 saturated heterocycles. The molecule has 0 unspecified atom stereocenters. The summed E-state index contributed by atoms with van der Waals surface area (Å²) in [5, 5.41) is 47.4. The molecule has 0 saturated carbocycles. The maximum Gasteiger partial charge on any atom is 0.355 e. The van der Waals surface area contributed by atoms with Gasteiger partial charge in [-0.3, -0.25) is 9.59 Å². The molecule has 0 aliphatic carbocycles. The third-order valence-corrected chi connectivity index (χ3v) is 8.25. The molecule has 0 N–H and O–H groups in total. The van der Waals surface area contributed by atoms with Gasteiger partial charge in [-0.05, 0) is 32.1 Å². The molecule has 2 heterocycles. The zero-order valence-corrected chi connectivity index (χ0v) is 28.6. The Hall–Kier alpha value is -5.26. The molecule has 0 aromatic carbocycles. The van der Waals surface area contributed by atoms with E-state index in [9.17, 15) is 34.8 Å². The fourth-order valence-electron chi connectivity index (χ4n) is 5.24. The summed E-state index contributed by atoms with van der Waals surface area (Å²) in [6.07, 6.45) is 1.99. The van der Waals surface area contributed by atoms with Crippen LogP contribution in [0.15, 0.2) is 115 Å². The smallest absolute Gasteiger partial charge is 0.355 e. The average molecular weight is 680 g/mol. The lowest BCUT2D eigenvalue weighted by Crippen LogP contribution is -2.42. The first kappa shape index (κ1) is 40.9. The third kappa shape index (κ3) is 11.7. The van der Waals surface area contributed by atoms with Crippen molar-refractivity contribution in [2.75, 3.05) is 0 Å². The Kier molecular flexibility index (Phi) is 14.2. The largest absolute Gasteiger partial charge is 0.871 e. The second kappa shape index (κ2) is 17.4. The van der Waals surface area contributed by atoms with Gasteiger partial charge in [-0.15, -0.1) is 17.0 Å². The Bertz CT molecular complexity index is 1650. The van der Waals surface area contributed by atoms with E-state index in [-0.39, 0.29) is 60.8 Å². The van der Waals surface area contributed by atoms with Crippen molar-refractivity contribution in [2.24, 2.45) is 0 Å². The highest BCUT2D eigenvalue weighted by Crippen LogP contribution is 2.46. The van der Waals surface area contributed by atoms with Crippen molar-refractivity contribution < 1.29 is 44.3 Å². The maximum atomic E-state index is 12.9. The highest BCUT2D eigenvalue weighted by Gasteiger charge is 2.61. The van der Waals surface area contributed by atoms with Gasteiger partial charge in [-0.1, -0.05) is 103 Å².